The van der Waals surface area contributed by atoms with Gasteiger partial charge in [0, 0.05) is 49.7 Å². The first-order valence-electron chi connectivity index (χ1n) is 8.46. The van der Waals surface area contributed by atoms with Crippen LogP contribution in [-0.4, -0.2) is 36.1 Å². The number of alkyl halides is 3. The van der Waals surface area contributed by atoms with Gasteiger partial charge < -0.3 is 4.90 Å². The number of piperazine rings is 1. The van der Waals surface area contributed by atoms with Crippen molar-refractivity contribution >= 4 is 27.2 Å². The topological polar surface area (TPSA) is 19.4 Å². The second kappa shape index (κ2) is 6.89. The third-order valence-corrected chi connectivity index (χ3v) is 5.62. The lowest BCUT2D eigenvalue weighted by Gasteiger charge is -2.35. The molecular formula is C19H18F3N3S. The van der Waals surface area contributed by atoms with Crippen LogP contribution in [0.3, 0.4) is 0 Å². The number of pyridine rings is 1. The maximum absolute atomic E-state index is 12.6. The van der Waals surface area contributed by atoms with Gasteiger partial charge in [0.15, 0.2) is 0 Å². The van der Waals surface area contributed by atoms with Gasteiger partial charge in [0.25, 0.3) is 0 Å². The highest BCUT2D eigenvalue weighted by Gasteiger charge is 2.30. The molecule has 1 fully saturated rings. The number of hydrogen-bond donors (Lipinski definition) is 0. The van der Waals surface area contributed by atoms with E-state index in [-0.39, 0.29) is 0 Å². The van der Waals surface area contributed by atoms with Crippen molar-refractivity contribution < 1.29 is 13.2 Å². The molecule has 0 bridgehead atoms. The van der Waals surface area contributed by atoms with Crippen molar-refractivity contribution in [1.82, 2.24) is 9.88 Å². The van der Waals surface area contributed by atoms with Crippen molar-refractivity contribution in [3.63, 3.8) is 0 Å². The van der Waals surface area contributed by atoms with E-state index in [0.29, 0.717) is 6.54 Å². The first kappa shape index (κ1) is 17.3. The fourth-order valence-electron chi connectivity index (χ4n) is 3.30. The van der Waals surface area contributed by atoms with Gasteiger partial charge in [-0.15, -0.1) is 11.3 Å². The second-order valence-electron chi connectivity index (χ2n) is 6.43. The number of benzene rings is 1. The third kappa shape index (κ3) is 3.54. The van der Waals surface area contributed by atoms with Gasteiger partial charge in [0.2, 0.25) is 0 Å². The lowest BCUT2D eigenvalue weighted by molar-refractivity contribution is -0.137. The molecule has 0 aliphatic carbocycles. The Kier molecular flexibility index (Phi) is 4.58. The highest BCUT2D eigenvalue weighted by molar-refractivity contribution is 7.17. The molecule has 0 spiro atoms. The van der Waals surface area contributed by atoms with Gasteiger partial charge in [0.05, 0.1) is 11.3 Å². The summed E-state index contributed by atoms with van der Waals surface area (Å²) in [6.45, 7) is 4.26. The molecule has 0 amide bonds. The largest absolute Gasteiger partial charge is 0.416 e. The molecule has 0 atom stereocenters. The quantitative estimate of drug-likeness (QED) is 0.663. The summed E-state index contributed by atoms with van der Waals surface area (Å²) in [7, 11) is 0. The summed E-state index contributed by atoms with van der Waals surface area (Å²) in [4.78, 5) is 10.1. The first-order valence-corrected chi connectivity index (χ1v) is 9.34. The van der Waals surface area contributed by atoms with Crippen LogP contribution >= 0.6 is 11.3 Å². The Bertz CT molecular complexity index is 881. The van der Waals surface area contributed by atoms with Gasteiger partial charge in [0.1, 0.15) is 4.83 Å². The minimum Gasteiger partial charge on any atom is -0.368 e. The molecule has 7 heteroatoms. The van der Waals surface area contributed by atoms with Crippen LogP contribution in [0, 0.1) is 0 Å². The van der Waals surface area contributed by atoms with Crippen LogP contribution in [0.25, 0.3) is 10.2 Å². The number of fused-ring (bicyclic) bond motifs is 1. The zero-order valence-corrected chi connectivity index (χ0v) is 14.9. The van der Waals surface area contributed by atoms with Crippen LogP contribution in [0.5, 0.6) is 0 Å². The highest BCUT2D eigenvalue weighted by atomic mass is 32.1. The van der Waals surface area contributed by atoms with Crippen LogP contribution < -0.4 is 4.90 Å². The molecule has 1 aliphatic rings. The molecular weight excluding hydrogens is 359 g/mol. The van der Waals surface area contributed by atoms with Crippen molar-refractivity contribution in [3.05, 3.63) is 59.1 Å². The normalized spacial score (nSPS) is 16.3. The number of halogens is 3. The molecule has 0 radical (unpaired) electrons. The average molecular weight is 377 g/mol. The summed E-state index contributed by atoms with van der Waals surface area (Å²) < 4.78 is 37.9. The minimum absolute atomic E-state index is 0.594. The second-order valence-corrected chi connectivity index (χ2v) is 7.29. The maximum Gasteiger partial charge on any atom is 0.416 e. The average Bonchev–Trinajstić information content (AvgIpc) is 3.06. The highest BCUT2D eigenvalue weighted by Crippen LogP contribution is 2.32. The number of hydrogen-bond acceptors (Lipinski definition) is 4. The monoisotopic (exact) mass is 377 g/mol. The predicted molar refractivity (Wildman–Crippen MR) is 98.6 cm³/mol. The van der Waals surface area contributed by atoms with Crippen LogP contribution in [0.2, 0.25) is 0 Å². The Balaban J connectivity index is 1.38. The molecule has 3 heterocycles. The molecule has 3 aromatic rings. The van der Waals surface area contributed by atoms with Gasteiger partial charge in [-0.2, -0.15) is 13.2 Å². The third-order valence-electron chi connectivity index (χ3n) is 4.73. The van der Waals surface area contributed by atoms with Gasteiger partial charge >= 0.3 is 6.18 Å². The van der Waals surface area contributed by atoms with Crippen molar-refractivity contribution in [3.8, 4) is 0 Å². The van der Waals surface area contributed by atoms with Crippen LogP contribution in [0.15, 0.2) is 48.0 Å². The summed E-state index contributed by atoms with van der Waals surface area (Å²) in [5, 5.41) is 3.34. The summed E-state index contributed by atoms with van der Waals surface area (Å²) >= 11 is 1.66. The summed E-state index contributed by atoms with van der Waals surface area (Å²) in [6.07, 6.45) is -2.47. The Morgan fingerprint density at radius 1 is 1.00 bits per heavy atom. The Hall–Kier alpha value is -2.12. The number of anilines is 1. The minimum atomic E-state index is -4.28. The van der Waals surface area contributed by atoms with Crippen molar-refractivity contribution in [2.24, 2.45) is 0 Å². The van der Waals surface area contributed by atoms with E-state index >= 15 is 0 Å². The number of aromatic nitrogens is 1. The molecule has 1 saturated heterocycles. The van der Waals surface area contributed by atoms with Crippen molar-refractivity contribution in [1.29, 1.82) is 0 Å². The molecule has 3 nitrogen and oxygen atoms in total. The standard InChI is InChI=1S/C19H18F3N3S/c20-19(21,22)15-5-3-14(4-6-15)12-24-8-10-25(11-9-24)17-13-26-18-16(17)2-1-7-23-18/h1-7,13H,8-12H2. The molecule has 136 valence electrons. The Morgan fingerprint density at radius 3 is 2.42 bits per heavy atom. The predicted octanol–water partition coefficient (Wildman–Crippen LogP) is 4.64. The fraction of sp³-hybridized carbons (Fsp3) is 0.316. The zero-order chi connectivity index (χ0) is 18.1. The molecule has 2 aromatic heterocycles. The number of nitrogens with zero attached hydrogens (tertiary/aromatic N) is 3. The first-order chi connectivity index (χ1) is 12.5. The van der Waals surface area contributed by atoms with Crippen LogP contribution in [0.4, 0.5) is 18.9 Å². The van der Waals surface area contributed by atoms with Crippen molar-refractivity contribution in [2.45, 2.75) is 12.7 Å². The molecule has 0 unspecified atom stereocenters. The van der Waals surface area contributed by atoms with E-state index in [9.17, 15) is 13.2 Å². The van der Waals surface area contributed by atoms with Gasteiger partial charge in [-0.1, -0.05) is 12.1 Å². The van der Waals surface area contributed by atoms with Gasteiger partial charge in [-0.25, -0.2) is 4.98 Å². The summed E-state index contributed by atoms with van der Waals surface area (Å²) in [6, 6.07) is 9.54. The van der Waals surface area contributed by atoms with Crippen LogP contribution in [0.1, 0.15) is 11.1 Å². The summed E-state index contributed by atoms with van der Waals surface area (Å²) in [5.41, 5.74) is 1.55. The smallest absolute Gasteiger partial charge is 0.368 e. The van der Waals surface area contributed by atoms with E-state index in [0.717, 1.165) is 48.7 Å². The molecule has 1 aromatic carbocycles. The SMILES string of the molecule is FC(F)(F)c1ccc(CN2CCN(c3csc4ncccc34)CC2)cc1. The molecule has 1 aliphatic heterocycles. The van der Waals surface area contributed by atoms with E-state index < -0.39 is 11.7 Å². The fourth-order valence-corrected chi connectivity index (χ4v) is 4.22. The molecule has 26 heavy (non-hydrogen) atoms. The number of thiophene rings is 1. The van der Waals surface area contributed by atoms with E-state index in [2.05, 4.69) is 26.2 Å². The maximum atomic E-state index is 12.6. The lowest BCUT2D eigenvalue weighted by atomic mass is 10.1. The van der Waals surface area contributed by atoms with E-state index in [1.54, 1.807) is 23.5 Å². The van der Waals surface area contributed by atoms with Gasteiger partial charge in [-0.05, 0) is 29.8 Å². The lowest BCUT2D eigenvalue weighted by Crippen LogP contribution is -2.45. The van der Waals surface area contributed by atoms with Crippen LogP contribution in [-0.2, 0) is 12.7 Å². The Morgan fingerprint density at radius 2 is 1.73 bits per heavy atom. The summed E-state index contributed by atoms with van der Waals surface area (Å²) in [5.74, 6) is 0. The Labute approximate surface area is 153 Å². The van der Waals surface area contributed by atoms with E-state index in [1.165, 1.54) is 11.1 Å². The van der Waals surface area contributed by atoms with E-state index in [1.807, 2.05) is 12.3 Å². The molecule has 4 rings (SSSR count). The zero-order valence-electron chi connectivity index (χ0n) is 14.0. The molecule has 0 N–H and O–H groups in total. The van der Waals surface area contributed by atoms with E-state index in [4.69, 9.17) is 0 Å². The van der Waals surface area contributed by atoms with Crippen molar-refractivity contribution in [2.75, 3.05) is 31.1 Å². The molecule has 0 saturated carbocycles. The van der Waals surface area contributed by atoms with Gasteiger partial charge in [-0.3, -0.25) is 4.90 Å². The number of rotatable bonds is 3.